The second-order valence-electron chi connectivity index (χ2n) is 4.98. The minimum Gasteiger partial charge on any atom is -0.366 e. The Labute approximate surface area is 122 Å². The van der Waals surface area contributed by atoms with Gasteiger partial charge in [-0.05, 0) is 47.5 Å². The second-order valence-corrected chi connectivity index (χ2v) is 6.13. The van der Waals surface area contributed by atoms with Crippen molar-refractivity contribution < 1.29 is 0 Å². The van der Waals surface area contributed by atoms with Gasteiger partial charge in [-0.1, -0.05) is 31.4 Å². The van der Waals surface area contributed by atoms with E-state index in [1.165, 1.54) is 44.9 Å². The normalized spacial score (nSPS) is 23.9. The largest absolute Gasteiger partial charge is 0.366 e. The molecule has 0 saturated heterocycles. The number of hydrogen-bond acceptors (Lipinski definition) is 3. The first-order chi connectivity index (χ1) is 8.70. The van der Waals surface area contributed by atoms with Crippen molar-refractivity contribution in [2.24, 2.45) is 5.92 Å². The quantitative estimate of drug-likeness (QED) is 0.815. The second kappa shape index (κ2) is 6.71. The smallest absolute Gasteiger partial charge is 0.148 e. The summed E-state index contributed by atoms with van der Waals surface area (Å²) < 4.78 is 0.766. The zero-order chi connectivity index (χ0) is 13.0. The Kier molecular flexibility index (Phi) is 5.25. The van der Waals surface area contributed by atoms with E-state index in [0.29, 0.717) is 11.2 Å². The molecule has 0 aromatic carbocycles. The monoisotopic (exact) mass is 331 g/mol. The van der Waals surface area contributed by atoms with Crippen LogP contribution in [0.25, 0.3) is 0 Å². The lowest BCUT2D eigenvalue weighted by Gasteiger charge is -2.29. The summed E-state index contributed by atoms with van der Waals surface area (Å²) >= 11 is 9.38. The fourth-order valence-corrected chi connectivity index (χ4v) is 3.10. The summed E-state index contributed by atoms with van der Waals surface area (Å²) in [5.41, 5.74) is 0. The van der Waals surface area contributed by atoms with Gasteiger partial charge in [-0.3, -0.25) is 0 Å². The van der Waals surface area contributed by atoms with Crippen molar-refractivity contribution in [3.63, 3.8) is 0 Å². The zero-order valence-corrected chi connectivity index (χ0v) is 13.0. The summed E-state index contributed by atoms with van der Waals surface area (Å²) in [7, 11) is 0. The third-order valence-corrected chi connectivity index (χ3v) is 4.90. The van der Waals surface area contributed by atoms with Gasteiger partial charge in [0.2, 0.25) is 0 Å². The average Bonchev–Trinajstić information content (AvgIpc) is 2.38. The molecule has 3 nitrogen and oxygen atoms in total. The molecule has 1 N–H and O–H groups in total. The maximum atomic E-state index is 5.96. The number of nitrogens with one attached hydrogen (secondary N) is 1. The maximum absolute atomic E-state index is 5.96. The van der Waals surface area contributed by atoms with Crippen LogP contribution in [0.1, 0.15) is 45.4 Å². The molecular formula is C13H19BrClN3. The average molecular weight is 333 g/mol. The molecule has 18 heavy (non-hydrogen) atoms. The molecule has 1 fully saturated rings. The Morgan fingerprint density at radius 3 is 2.72 bits per heavy atom. The predicted octanol–water partition coefficient (Wildman–Crippen LogP) is 4.66. The van der Waals surface area contributed by atoms with Crippen LogP contribution in [-0.4, -0.2) is 16.0 Å². The van der Waals surface area contributed by atoms with Crippen LogP contribution in [0.2, 0.25) is 5.15 Å². The maximum Gasteiger partial charge on any atom is 0.148 e. The molecule has 1 aliphatic carbocycles. The van der Waals surface area contributed by atoms with Crippen LogP contribution in [-0.2, 0) is 0 Å². The van der Waals surface area contributed by atoms with E-state index in [1.807, 2.05) is 0 Å². The highest BCUT2D eigenvalue weighted by Crippen LogP contribution is 2.32. The van der Waals surface area contributed by atoms with E-state index < -0.39 is 0 Å². The highest BCUT2D eigenvalue weighted by atomic mass is 79.9. The summed E-state index contributed by atoms with van der Waals surface area (Å²) in [6.07, 6.45) is 9.26. The van der Waals surface area contributed by atoms with Crippen molar-refractivity contribution in [2.75, 3.05) is 5.32 Å². The van der Waals surface area contributed by atoms with Crippen molar-refractivity contribution in [1.82, 2.24) is 9.97 Å². The van der Waals surface area contributed by atoms with Crippen LogP contribution in [0.5, 0.6) is 0 Å². The van der Waals surface area contributed by atoms with E-state index in [4.69, 9.17) is 11.6 Å². The van der Waals surface area contributed by atoms with Gasteiger partial charge in [0.25, 0.3) is 0 Å². The molecule has 1 heterocycles. The zero-order valence-electron chi connectivity index (χ0n) is 10.6. The Balaban J connectivity index is 1.90. The van der Waals surface area contributed by atoms with Gasteiger partial charge in [0, 0.05) is 6.04 Å². The Hall–Kier alpha value is -0.350. The number of anilines is 1. The topological polar surface area (TPSA) is 37.8 Å². The molecule has 0 unspecified atom stereocenters. The van der Waals surface area contributed by atoms with Gasteiger partial charge in [0.1, 0.15) is 17.3 Å². The summed E-state index contributed by atoms with van der Waals surface area (Å²) in [4.78, 5) is 8.17. The number of rotatable bonds is 4. The lowest BCUT2D eigenvalue weighted by Crippen LogP contribution is -2.26. The predicted molar refractivity (Wildman–Crippen MR) is 79.0 cm³/mol. The number of nitrogens with zero attached hydrogens (tertiary/aromatic N) is 2. The number of hydrogen-bond donors (Lipinski definition) is 1. The van der Waals surface area contributed by atoms with Crippen LogP contribution in [0.4, 0.5) is 5.82 Å². The lowest BCUT2D eigenvalue weighted by molar-refractivity contribution is 0.318. The van der Waals surface area contributed by atoms with Crippen molar-refractivity contribution in [3.05, 3.63) is 16.0 Å². The number of aromatic nitrogens is 2. The number of halogens is 2. The summed E-state index contributed by atoms with van der Waals surface area (Å²) in [5, 5.41) is 3.94. The van der Waals surface area contributed by atoms with E-state index in [2.05, 4.69) is 38.1 Å². The molecule has 0 atom stereocenters. The molecule has 0 spiro atoms. The third kappa shape index (κ3) is 3.58. The van der Waals surface area contributed by atoms with E-state index in [1.54, 1.807) is 0 Å². The van der Waals surface area contributed by atoms with Crippen LogP contribution in [0, 0.1) is 5.92 Å². The van der Waals surface area contributed by atoms with E-state index in [9.17, 15) is 0 Å². The third-order valence-electron chi connectivity index (χ3n) is 3.63. The fraction of sp³-hybridized carbons (Fsp3) is 0.692. The van der Waals surface area contributed by atoms with E-state index in [0.717, 1.165) is 16.2 Å². The molecule has 1 aromatic heterocycles. The first kappa shape index (κ1) is 14.1. The molecule has 100 valence electrons. The minimum absolute atomic E-state index is 0.465. The molecule has 1 aliphatic rings. The molecule has 1 aromatic rings. The molecule has 0 radical (unpaired) electrons. The first-order valence-electron chi connectivity index (χ1n) is 6.63. The standard InChI is InChI=1S/C13H19BrClN3/c1-2-3-9-4-6-10(7-5-9)18-13-11(14)12(15)16-8-17-13/h8-10H,2-7H2,1H3,(H,16,17,18). The molecule has 1 saturated carbocycles. The molecular weight excluding hydrogens is 314 g/mol. The minimum atomic E-state index is 0.465. The molecule has 0 amide bonds. The fourth-order valence-electron chi connectivity index (χ4n) is 2.65. The SMILES string of the molecule is CCCC1CCC(Nc2ncnc(Cl)c2Br)CC1. The van der Waals surface area contributed by atoms with E-state index >= 15 is 0 Å². The van der Waals surface area contributed by atoms with Gasteiger partial charge >= 0.3 is 0 Å². The molecule has 0 aliphatic heterocycles. The van der Waals surface area contributed by atoms with Gasteiger partial charge in [-0.25, -0.2) is 9.97 Å². The van der Waals surface area contributed by atoms with E-state index in [-0.39, 0.29) is 0 Å². The molecule has 0 bridgehead atoms. The van der Waals surface area contributed by atoms with Crippen LogP contribution < -0.4 is 5.32 Å². The Morgan fingerprint density at radius 1 is 1.33 bits per heavy atom. The van der Waals surface area contributed by atoms with Crippen LogP contribution in [0.3, 0.4) is 0 Å². The van der Waals surface area contributed by atoms with Gasteiger partial charge in [-0.2, -0.15) is 0 Å². The van der Waals surface area contributed by atoms with Gasteiger partial charge < -0.3 is 5.32 Å². The molecule has 2 rings (SSSR count). The summed E-state index contributed by atoms with van der Waals surface area (Å²) in [5.74, 6) is 1.74. The Bertz CT molecular complexity index is 392. The summed E-state index contributed by atoms with van der Waals surface area (Å²) in [6.45, 7) is 2.27. The van der Waals surface area contributed by atoms with Crippen molar-refractivity contribution in [1.29, 1.82) is 0 Å². The van der Waals surface area contributed by atoms with Gasteiger partial charge in [0.15, 0.2) is 0 Å². The van der Waals surface area contributed by atoms with Crippen molar-refractivity contribution in [2.45, 2.75) is 51.5 Å². The first-order valence-corrected chi connectivity index (χ1v) is 7.80. The summed E-state index contributed by atoms with van der Waals surface area (Å²) in [6, 6.07) is 0.514. The molecule has 5 heteroatoms. The van der Waals surface area contributed by atoms with Crippen LogP contribution >= 0.6 is 27.5 Å². The Morgan fingerprint density at radius 2 is 2.06 bits per heavy atom. The van der Waals surface area contributed by atoms with Gasteiger partial charge in [0.05, 0.1) is 4.47 Å². The lowest BCUT2D eigenvalue weighted by atomic mass is 9.83. The van der Waals surface area contributed by atoms with Crippen molar-refractivity contribution in [3.8, 4) is 0 Å². The van der Waals surface area contributed by atoms with Crippen LogP contribution in [0.15, 0.2) is 10.8 Å². The van der Waals surface area contributed by atoms with Crippen molar-refractivity contribution >= 4 is 33.3 Å². The highest BCUT2D eigenvalue weighted by Gasteiger charge is 2.21. The van der Waals surface area contributed by atoms with Gasteiger partial charge in [-0.15, -0.1) is 0 Å². The highest BCUT2D eigenvalue weighted by molar-refractivity contribution is 9.10.